The number of hydrogen-bond acceptors (Lipinski definition) is 0. The van der Waals surface area contributed by atoms with E-state index < -0.39 is 5.96 Å². The van der Waals surface area contributed by atoms with Gasteiger partial charge in [-0.3, -0.25) is 0 Å². The van der Waals surface area contributed by atoms with E-state index in [4.69, 9.17) is 11.2 Å². The molecule has 0 aliphatic carbocycles. The second-order valence-corrected chi connectivity index (χ2v) is 14.8. The third-order valence-electron chi connectivity index (χ3n) is 2.96. The van der Waals surface area contributed by atoms with Crippen LogP contribution in [0, 0.1) is 0 Å². The van der Waals surface area contributed by atoms with Crippen molar-refractivity contribution in [2.24, 2.45) is 0 Å². The molecule has 1 aromatic carbocycles. The first-order valence-electron chi connectivity index (χ1n) is 6.17. The number of rotatable bonds is 6. The molecule has 0 radical (unpaired) electrons. The van der Waals surface area contributed by atoms with Crippen LogP contribution in [0.3, 0.4) is 0 Å². The number of benzene rings is 1. The number of unbranched alkanes of at least 4 members (excludes halogenated alkanes) is 2. The summed E-state index contributed by atoms with van der Waals surface area (Å²) < 4.78 is 0. The molecule has 0 amide bonds. The molecule has 0 aromatic heterocycles. The van der Waals surface area contributed by atoms with Crippen LogP contribution in [0.5, 0.6) is 0 Å². The molecule has 0 fully saturated rings. The van der Waals surface area contributed by atoms with Gasteiger partial charge in [-0.1, -0.05) is 0 Å². The van der Waals surface area contributed by atoms with E-state index in [1.54, 1.807) is 0 Å². The molecule has 0 saturated carbocycles. The van der Waals surface area contributed by atoms with Crippen LogP contribution in [0.2, 0.25) is 0 Å². The third-order valence-corrected chi connectivity index (χ3v) is 6.87. The second kappa shape index (κ2) is 5.52. The Hall–Kier alpha value is -0.0600. The van der Waals surface area contributed by atoms with Crippen molar-refractivity contribution in [2.45, 2.75) is 32.3 Å². The van der Waals surface area contributed by atoms with Gasteiger partial charge in [0.2, 0.25) is 0 Å². The van der Waals surface area contributed by atoms with Gasteiger partial charge in [-0.2, -0.15) is 0 Å². The topological polar surface area (TPSA) is 0 Å². The van der Waals surface area contributed by atoms with Crippen LogP contribution in [0.4, 0.5) is 0 Å². The fraction of sp³-hybridized carbons (Fsp3) is 0.571. The number of hydrogen-bond donors (Lipinski definition) is 0. The van der Waals surface area contributed by atoms with E-state index in [0.29, 0.717) is 0 Å². The Balaban J connectivity index is 2.61. The third kappa shape index (κ3) is 5.32. The molecule has 1 rings (SSSR count). The average molecular weight is 259 g/mol. The quantitative estimate of drug-likeness (QED) is 0.477. The van der Waals surface area contributed by atoms with Crippen molar-refractivity contribution in [1.29, 1.82) is 0 Å². The van der Waals surface area contributed by atoms with Crippen LogP contribution in [-0.2, 0) is 6.16 Å². The predicted octanol–water partition coefficient (Wildman–Crippen LogP) is 5.34. The van der Waals surface area contributed by atoms with Crippen LogP contribution < -0.4 is 0 Å². The fourth-order valence-electron chi connectivity index (χ4n) is 2.08. The summed E-state index contributed by atoms with van der Waals surface area (Å²) >= 11 is 6.89. The minimum atomic E-state index is -1.98. The van der Waals surface area contributed by atoms with E-state index in [2.05, 4.69) is 50.6 Å². The van der Waals surface area contributed by atoms with Crippen LogP contribution in [0.25, 0.3) is 0 Å². The summed E-state index contributed by atoms with van der Waals surface area (Å²) in [5.74, 6) is -1.98. The van der Waals surface area contributed by atoms with Crippen molar-refractivity contribution in [3.63, 3.8) is 0 Å². The predicted molar refractivity (Wildman–Crippen MR) is 79.2 cm³/mol. The standard InChI is InChI=1S/C14H24ClP/c1-4-5-9-12-16(2,3,15)13-14-10-7-6-8-11-14/h6-8,10-11H,4-5,9,12-13H2,1-3H3. The molecule has 0 saturated heterocycles. The van der Waals surface area contributed by atoms with Gasteiger partial charge in [0.15, 0.2) is 0 Å². The second-order valence-electron chi connectivity index (χ2n) is 5.59. The Morgan fingerprint density at radius 3 is 2.25 bits per heavy atom. The molecular weight excluding hydrogens is 235 g/mol. The van der Waals surface area contributed by atoms with Gasteiger partial charge in [-0.15, -0.1) is 0 Å². The van der Waals surface area contributed by atoms with Crippen LogP contribution in [-0.4, -0.2) is 19.5 Å². The summed E-state index contributed by atoms with van der Waals surface area (Å²) in [5, 5.41) is 0. The van der Waals surface area contributed by atoms with Crippen LogP contribution in [0.1, 0.15) is 31.7 Å². The van der Waals surface area contributed by atoms with Gasteiger partial charge in [-0.25, -0.2) is 0 Å². The molecule has 0 atom stereocenters. The molecule has 2 heteroatoms. The molecule has 16 heavy (non-hydrogen) atoms. The Labute approximate surface area is 105 Å². The molecule has 92 valence electrons. The van der Waals surface area contributed by atoms with E-state index in [1.165, 1.54) is 31.0 Å². The molecule has 0 aliphatic rings. The summed E-state index contributed by atoms with van der Waals surface area (Å²) in [6, 6.07) is 10.7. The van der Waals surface area contributed by atoms with Gasteiger partial charge >= 0.3 is 105 Å². The average Bonchev–Trinajstić information content (AvgIpc) is 2.17. The van der Waals surface area contributed by atoms with Gasteiger partial charge in [0, 0.05) is 0 Å². The van der Waals surface area contributed by atoms with E-state index >= 15 is 0 Å². The molecule has 0 bridgehead atoms. The summed E-state index contributed by atoms with van der Waals surface area (Å²) in [4.78, 5) is 0. The van der Waals surface area contributed by atoms with Gasteiger partial charge in [0.1, 0.15) is 0 Å². The molecule has 0 aliphatic heterocycles. The molecular formula is C14H24ClP. The van der Waals surface area contributed by atoms with Gasteiger partial charge in [0.25, 0.3) is 0 Å². The maximum atomic E-state index is 6.89. The minimum absolute atomic E-state index is 1.07. The first-order valence-corrected chi connectivity index (χ1v) is 10.6. The Kier molecular flexibility index (Phi) is 4.83. The zero-order valence-electron chi connectivity index (χ0n) is 10.7. The Bertz CT molecular complexity index is 311. The van der Waals surface area contributed by atoms with E-state index in [1.807, 2.05) is 0 Å². The molecule has 1 aromatic rings. The summed E-state index contributed by atoms with van der Waals surface area (Å²) in [5.41, 5.74) is 1.39. The maximum absolute atomic E-state index is 6.89. The van der Waals surface area contributed by atoms with Gasteiger partial charge in [-0.05, 0) is 0 Å². The van der Waals surface area contributed by atoms with Crippen LogP contribution in [0.15, 0.2) is 30.3 Å². The van der Waals surface area contributed by atoms with Crippen molar-refractivity contribution < 1.29 is 0 Å². The van der Waals surface area contributed by atoms with Crippen molar-refractivity contribution in [2.75, 3.05) is 19.5 Å². The van der Waals surface area contributed by atoms with E-state index in [-0.39, 0.29) is 0 Å². The Morgan fingerprint density at radius 1 is 1.06 bits per heavy atom. The molecule has 0 spiro atoms. The van der Waals surface area contributed by atoms with Gasteiger partial charge in [0.05, 0.1) is 0 Å². The van der Waals surface area contributed by atoms with Crippen molar-refractivity contribution in [1.82, 2.24) is 0 Å². The fourth-order valence-corrected chi connectivity index (χ4v) is 5.54. The molecule has 0 N–H and O–H groups in total. The molecule has 0 nitrogen and oxygen atoms in total. The molecule has 0 heterocycles. The molecule has 0 unspecified atom stereocenters. The van der Waals surface area contributed by atoms with Gasteiger partial charge < -0.3 is 0 Å². The zero-order valence-corrected chi connectivity index (χ0v) is 12.4. The van der Waals surface area contributed by atoms with E-state index in [9.17, 15) is 0 Å². The number of halogens is 1. The van der Waals surface area contributed by atoms with E-state index in [0.717, 1.165) is 6.16 Å². The van der Waals surface area contributed by atoms with Crippen molar-refractivity contribution >= 4 is 17.2 Å². The zero-order chi connectivity index (χ0) is 12.1. The summed E-state index contributed by atoms with van der Waals surface area (Å²) in [7, 11) is 0. The van der Waals surface area contributed by atoms with Crippen molar-refractivity contribution in [3.8, 4) is 0 Å². The monoisotopic (exact) mass is 258 g/mol. The normalized spacial score (nSPS) is 14.4. The summed E-state index contributed by atoms with van der Waals surface area (Å²) in [6.07, 6.45) is 6.13. The van der Waals surface area contributed by atoms with Crippen molar-refractivity contribution in [3.05, 3.63) is 35.9 Å². The Morgan fingerprint density at radius 2 is 1.69 bits per heavy atom. The SMILES string of the molecule is CCCCCP(C)(C)(Cl)Cc1ccccc1. The first kappa shape index (κ1) is 14.0. The first-order chi connectivity index (χ1) is 7.41. The summed E-state index contributed by atoms with van der Waals surface area (Å²) in [6.45, 7) is 6.84. The van der Waals surface area contributed by atoms with Crippen LogP contribution >= 0.6 is 17.2 Å².